The molecule has 3 atom stereocenters. The normalized spacial score (nSPS) is 22.2. The van der Waals surface area contributed by atoms with Crippen LogP contribution in [0.5, 0.6) is 5.75 Å². The molecule has 1 aromatic rings. The molecule has 1 aromatic carbocycles. The molecular formula is C19H31N3O2S. The highest BCUT2D eigenvalue weighted by molar-refractivity contribution is 7.85. The van der Waals surface area contributed by atoms with Gasteiger partial charge in [-0.1, -0.05) is 31.5 Å². The van der Waals surface area contributed by atoms with Crippen LogP contribution in [0.4, 0.5) is 0 Å². The van der Waals surface area contributed by atoms with Crippen LogP contribution in [0.25, 0.3) is 0 Å². The Morgan fingerprint density at radius 3 is 2.84 bits per heavy atom. The molecule has 5 nitrogen and oxygen atoms in total. The van der Waals surface area contributed by atoms with E-state index in [0.717, 1.165) is 56.1 Å². The van der Waals surface area contributed by atoms with E-state index < -0.39 is 10.8 Å². The first kappa shape index (κ1) is 19.8. The fourth-order valence-corrected chi connectivity index (χ4v) is 4.47. The number of benzene rings is 1. The number of nitrogens with one attached hydrogen (secondary N) is 2. The predicted molar refractivity (Wildman–Crippen MR) is 106 cm³/mol. The Kier molecular flexibility index (Phi) is 8.80. The monoisotopic (exact) mass is 365 g/mol. The molecule has 0 radical (unpaired) electrons. The van der Waals surface area contributed by atoms with Gasteiger partial charge in [-0.25, -0.2) is 0 Å². The molecule has 3 unspecified atom stereocenters. The van der Waals surface area contributed by atoms with E-state index in [2.05, 4.69) is 15.6 Å². The van der Waals surface area contributed by atoms with Crippen molar-refractivity contribution in [3.63, 3.8) is 0 Å². The summed E-state index contributed by atoms with van der Waals surface area (Å²) < 4.78 is 17.7. The first-order valence-electron chi connectivity index (χ1n) is 9.25. The second-order valence-corrected chi connectivity index (χ2v) is 8.32. The molecule has 0 bridgehead atoms. The smallest absolute Gasteiger partial charge is 0.191 e. The van der Waals surface area contributed by atoms with E-state index in [1.54, 1.807) is 7.05 Å². The Morgan fingerprint density at radius 2 is 2.12 bits per heavy atom. The third-order valence-corrected chi connectivity index (χ3v) is 6.21. The molecule has 6 heteroatoms. The summed E-state index contributed by atoms with van der Waals surface area (Å²) in [5.74, 6) is 2.49. The van der Waals surface area contributed by atoms with E-state index >= 15 is 0 Å². The van der Waals surface area contributed by atoms with E-state index in [0.29, 0.717) is 17.9 Å². The fourth-order valence-electron chi connectivity index (χ4n) is 3.12. The lowest BCUT2D eigenvalue weighted by Gasteiger charge is -2.30. The molecule has 0 amide bonds. The summed E-state index contributed by atoms with van der Waals surface area (Å²) in [5, 5.41) is 7.16. The Morgan fingerprint density at radius 1 is 1.32 bits per heavy atom. The van der Waals surface area contributed by atoms with Crippen molar-refractivity contribution < 1.29 is 8.95 Å². The fraction of sp³-hybridized carbons (Fsp3) is 0.632. The van der Waals surface area contributed by atoms with Crippen molar-refractivity contribution in [2.45, 2.75) is 50.3 Å². The van der Waals surface area contributed by atoms with E-state index in [1.807, 2.05) is 37.3 Å². The minimum absolute atomic E-state index is 0.327. The van der Waals surface area contributed by atoms with Gasteiger partial charge in [0.15, 0.2) is 5.96 Å². The molecule has 0 heterocycles. The van der Waals surface area contributed by atoms with E-state index in [-0.39, 0.29) is 0 Å². The Bertz CT molecular complexity index is 551. The third kappa shape index (κ3) is 7.06. The van der Waals surface area contributed by atoms with Gasteiger partial charge in [0.1, 0.15) is 5.75 Å². The molecule has 140 valence electrons. The van der Waals surface area contributed by atoms with Crippen molar-refractivity contribution in [3.8, 4) is 5.75 Å². The summed E-state index contributed by atoms with van der Waals surface area (Å²) >= 11 is 0. The number of para-hydroxylation sites is 1. The van der Waals surface area contributed by atoms with Crippen molar-refractivity contribution in [1.29, 1.82) is 0 Å². The first-order chi connectivity index (χ1) is 12.2. The molecule has 0 saturated heterocycles. The Labute approximate surface area is 154 Å². The summed E-state index contributed by atoms with van der Waals surface area (Å²) in [6, 6.07) is 10.2. The van der Waals surface area contributed by atoms with Gasteiger partial charge >= 0.3 is 0 Å². The number of ether oxygens (including phenoxy) is 1. The molecule has 2 N–H and O–H groups in total. The first-order valence-corrected chi connectivity index (χ1v) is 10.6. The zero-order valence-corrected chi connectivity index (χ0v) is 16.2. The standard InChI is InChI=1S/C19H31N3O2S/c1-3-25(23)18-12-7-9-16(15-18)22-19(20-2)21-13-8-14-24-17-10-5-4-6-11-17/h4-6,10-11,16,18H,3,7-9,12-15H2,1-2H3,(H2,20,21,22). The second-order valence-electron chi connectivity index (χ2n) is 6.31. The van der Waals surface area contributed by atoms with Gasteiger partial charge in [-0.15, -0.1) is 0 Å². The van der Waals surface area contributed by atoms with Crippen molar-refractivity contribution in [3.05, 3.63) is 30.3 Å². The highest BCUT2D eigenvalue weighted by Crippen LogP contribution is 2.22. The molecule has 1 aliphatic rings. The molecule has 2 rings (SSSR count). The number of rotatable bonds is 8. The van der Waals surface area contributed by atoms with Crippen molar-refractivity contribution in [2.75, 3.05) is 26.0 Å². The van der Waals surface area contributed by atoms with Crippen LogP contribution in [0.1, 0.15) is 39.0 Å². The number of hydrogen-bond acceptors (Lipinski definition) is 3. The van der Waals surface area contributed by atoms with E-state index in [1.165, 1.54) is 0 Å². The largest absolute Gasteiger partial charge is 0.494 e. The maximum absolute atomic E-state index is 12.1. The highest BCUT2D eigenvalue weighted by atomic mass is 32.2. The SMILES string of the molecule is CCS(=O)C1CCCC(NC(=NC)NCCCOc2ccccc2)C1. The summed E-state index contributed by atoms with van der Waals surface area (Å²) in [4.78, 5) is 4.31. The van der Waals surface area contributed by atoms with Crippen molar-refractivity contribution in [1.82, 2.24) is 10.6 Å². The van der Waals surface area contributed by atoms with Gasteiger partial charge in [-0.05, 0) is 37.8 Å². The van der Waals surface area contributed by atoms with Crippen LogP contribution in [-0.2, 0) is 10.8 Å². The minimum atomic E-state index is -0.694. The Balaban J connectivity index is 1.65. The Hall–Kier alpha value is -1.56. The van der Waals surface area contributed by atoms with Crippen LogP contribution in [0.2, 0.25) is 0 Å². The lowest BCUT2D eigenvalue weighted by atomic mass is 9.95. The molecule has 1 aliphatic carbocycles. The van der Waals surface area contributed by atoms with E-state index in [4.69, 9.17) is 4.74 Å². The van der Waals surface area contributed by atoms with Crippen LogP contribution in [0.3, 0.4) is 0 Å². The number of aliphatic imine (C=N–C) groups is 1. The average molecular weight is 366 g/mol. The highest BCUT2D eigenvalue weighted by Gasteiger charge is 2.25. The quantitative estimate of drug-likeness (QED) is 0.422. The maximum atomic E-state index is 12.1. The summed E-state index contributed by atoms with van der Waals surface area (Å²) in [6.07, 6.45) is 5.22. The van der Waals surface area contributed by atoms with Crippen LogP contribution in [0.15, 0.2) is 35.3 Å². The second kappa shape index (κ2) is 11.1. The van der Waals surface area contributed by atoms with Gasteiger partial charge < -0.3 is 15.4 Å². The lowest BCUT2D eigenvalue weighted by molar-refractivity contribution is 0.311. The molecule has 1 saturated carbocycles. The van der Waals surface area contributed by atoms with Crippen LogP contribution in [-0.4, -0.2) is 47.4 Å². The van der Waals surface area contributed by atoms with Crippen molar-refractivity contribution in [2.24, 2.45) is 4.99 Å². The van der Waals surface area contributed by atoms with Crippen LogP contribution >= 0.6 is 0 Å². The van der Waals surface area contributed by atoms with Crippen LogP contribution < -0.4 is 15.4 Å². The molecule has 0 aromatic heterocycles. The molecule has 25 heavy (non-hydrogen) atoms. The number of nitrogens with zero attached hydrogens (tertiary/aromatic N) is 1. The summed E-state index contributed by atoms with van der Waals surface area (Å²) in [6.45, 7) is 3.49. The van der Waals surface area contributed by atoms with Gasteiger partial charge in [0.2, 0.25) is 0 Å². The third-order valence-electron chi connectivity index (χ3n) is 4.47. The van der Waals surface area contributed by atoms with Gasteiger partial charge in [-0.2, -0.15) is 0 Å². The topological polar surface area (TPSA) is 62.7 Å². The van der Waals surface area contributed by atoms with Gasteiger partial charge in [0.05, 0.1) is 6.61 Å². The van der Waals surface area contributed by atoms with Gasteiger partial charge in [0, 0.05) is 41.4 Å². The summed E-state index contributed by atoms with van der Waals surface area (Å²) in [7, 11) is 1.10. The van der Waals surface area contributed by atoms with Crippen molar-refractivity contribution >= 4 is 16.8 Å². The summed E-state index contributed by atoms with van der Waals surface area (Å²) in [5.41, 5.74) is 0. The molecule has 1 fully saturated rings. The zero-order valence-electron chi connectivity index (χ0n) is 15.4. The maximum Gasteiger partial charge on any atom is 0.191 e. The molecule has 0 spiro atoms. The predicted octanol–water partition coefficient (Wildman–Crippen LogP) is 2.70. The lowest BCUT2D eigenvalue weighted by Crippen LogP contribution is -2.47. The van der Waals surface area contributed by atoms with Gasteiger partial charge in [-0.3, -0.25) is 9.20 Å². The van der Waals surface area contributed by atoms with Crippen LogP contribution in [0, 0.1) is 0 Å². The average Bonchev–Trinajstić information content (AvgIpc) is 2.67. The minimum Gasteiger partial charge on any atom is -0.494 e. The van der Waals surface area contributed by atoms with Gasteiger partial charge in [0.25, 0.3) is 0 Å². The molecule has 0 aliphatic heterocycles. The molecular weight excluding hydrogens is 334 g/mol. The zero-order chi connectivity index (χ0) is 17.9. The van der Waals surface area contributed by atoms with E-state index in [9.17, 15) is 4.21 Å². The number of hydrogen-bond donors (Lipinski definition) is 2. The number of guanidine groups is 1.